The summed E-state index contributed by atoms with van der Waals surface area (Å²) in [6, 6.07) is 12.5. The van der Waals surface area contributed by atoms with E-state index < -0.39 is 0 Å². The van der Waals surface area contributed by atoms with Crippen LogP contribution in [0.2, 0.25) is 15.1 Å². The van der Waals surface area contributed by atoms with Crippen LogP contribution >= 0.6 is 34.8 Å². The van der Waals surface area contributed by atoms with Gasteiger partial charge in [-0.1, -0.05) is 58.2 Å². The maximum Gasteiger partial charge on any atom is 0.246 e. The van der Waals surface area contributed by atoms with Gasteiger partial charge in [-0.3, -0.25) is 4.79 Å². The highest BCUT2D eigenvalue weighted by atomic mass is 35.5. The van der Waals surface area contributed by atoms with E-state index in [1.165, 1.54) is 4.90 Å². The first-order valence-corrected chi connectivity index (χ1v) is 9.33. The lowest BCUT2D eigenvalue weighted by Crippen LogP contribution is -2.26. The minimum absolute atomic E-state index is 0.0801. The normalized spacial score (nSPS) is 10.8. The number of carbonyl (C=O) groups excluding carboxylic acids is 1. The van der Waals surface area contributed by atoms with E-state index in [1.807, 2.05) is 12.1 Å². The Labute approximate surface area is 171 Å². The van der Waals surface area contributed by atoms with Crippen LogP contribution in [-0.2, 0) is 17.8 Å². The second-order valence-electron chi connectivity index (χ2n) is 5.94. The van der Waals surface area contributed by atoms with Crippen LogP contribution < -0.4 is 0 Å². The van der Waals surface area contributed by atoms with Crippen molar-refractivity contribution >= 4 is 40.7 Å². The van der Waals surface area contributed by atoms with Crippen LogP contribution in [0.4, 0.5) is 0 Å². The van der Waals surface area contributed by atoms with Gasteiger partial charge in [-0.15, -0.1) is 0 Å². The summed E-state index contributed by atoms with van der Waals surface area (Å²) in [5.74, 6) is 0.638. The van der Waals surface area contributed by atoms with E-state index in [9.17, 15) is 4.79 Å². The second kappa shape index (κ2) is 8.74. The number of rotatable bonds is 6. The molecule has 0 aliphatic rings. The first-order valence-electron chi connectivity index (χ1n) is 8.20. The second-order valence-corrected chi connectivity index (χ2v) is 7.16. The van der Waals surface area contributed by atoms with Gasteiger partial charge >= 0.3 is 0 Å². The molecule has 0 atom stereocenters. The Balaban J connectivity index is 1.61. The van der Waals surface area contributed by atoms with Crippen molar-refractivity contribution in [2.24, 2.45) is 0 Å². The van der Waals surface area contributed by atoms with Gasteiger partial charge in [0.05, 0.1) is 11.6 Å². The van der Waals surface area contributed by atoms with Gasteiger partial charge in [0, 0.05) is 29.1 Å². The number of carbonyl (C=O) groups is 1. The third-order valence-corrected chi connectivity index (χ3v) is 5.07. The van der Waals surface area contributed by atoms with Gasteiger partial charge in [-0.05, 0) is 36.2 Å². The molecule has 5 nitrogen and oxygen atoms in total. The van der Waals surface area contributed by atoms with Gasteiger partial charge < -0.3 is 9.42 Å². The molecule has 0 N–H and O–H groups in total. The summed E-state index contributed by atoms with van der Waals surface area (Å²) in [6.07, 6.45) is 0.724. The zero-order chi connectivity index (χ0) is 19.4. The highest BCUT2D eigenvalue weighted by molar-refractivity contribution is 6.36. The Hall–Kier alpha value is -2.08. The summed E-state index contributed by atoms with van der Waals surface area (Å²) in [4.78, 5) is 18.2. The van der Waals surface area contributed by atoms with Crippen LogP contribution in [0, 0.1) is 0 Å². The quantitative estimate of drug-likeness (QED) is 0.539. The molecule has 0 aliphatic carbocycles. The number of hydrogen-bond acceptors (Lipinski definition) is 4. The molecule has 140 valence electrons. The van der Waals surface area contributed by atoms with Gasteiger partial charge in [0.25, 0.3) is 0 Å². The summed E-state index contributed by atoms with van der Waals surface area (Å²) in [6.45, 7) is 0.201. The average Bonchev–Trinajstić information content (AvgIpc) is 3.09. The molecule has 1 heterocycles. The van der Waals surface area contributed by atoms with Crippen LogP contribution in [0.25, 0.3) is 11.4 Å². The summed E-state index contributed by atoms with van der Waals surface area (Å²) < 4.78 is 5.24. The van der Waals surface area contributed by atoms with Crippen molar-refractivity contribution in [2.75, 3.05) is 7.05 Å². The fourth-order valence-corrected chi connectivity index (χ4v) is 3.36. The highest BCUT2D eigenvalue weighted by Gasteiger charge is 2.17. The average molecular weight is 425 g/mol. The summed E-state index contributed by atoms with van der Waals surface area (Å²) in [5, 5.41) is 5.58. The van der Waals surface area contributed by atoms with Crippen LogP contribution in [0.3, 0.4) is 0 Å². The van der Waals surface area contributed by atoms with E-state index in [0.29, 0.717) is 38.8 Å². The van der Waals surface area contributed by atoms with Gasteiger partial charge in [-0.2, -0.15) is 4.98 Å². The molecule has 2 aromatic carbocycles. The number of benzene rings is 2. The van der Waals surface area contributed by atoms with Gasteiger partial charge in [-0.25, -0.2) is 0 Å². The molecular weight excluding hydrogens is 409 g/mol. The number of aromatic nitrogens is 2. The molecule has 0 aliphatic heterocycles. The Morgan fingerprint density at radius 3 is 2.41 bits per heavy atom. The fraction of sp³-hybridized carbons (Fsp3) is 0.211. The van der Waals surface area contributed by atoms with Crippen molar-refractivity contribution in [1.29, 1.82) is 0 Å². The van der Waals surface area contributed by atoms with Crippen molar-refractivity contribution in [3.05, 3.63) is 69.0 Å². The third kappa shape index (κ3) is 4.80. The Kier molecular flexibility index (Phi) is 6.37. The smallest absolute Gasteiger partial charge is 0.246 e. The first kappa shape index (κ1) is 19.7. The largest absolute Gasteiger partial charge is 0.337 e. The summed E-state index contributed by atoms with van der Waals surface area (Å²) >= 11 is 18.4. The maximum atomic E-state index is 12.4. The predicted molar refractivity (Wildman–Crippen MR) is 106 cm³/mol. The Bertz CT molecular complexity index is 939. The van der Waals surface area contributed by atoms with Crippen LogP contribution in [-0.4, -0.2) is 28.0 Å². The summed E-state index contributed by atoms with van der Waals surface area (Å²) in [7, 11) is 1.68. The zero-order valence-corrected chi connectivity index (χ0v) is 16.7. The molecule has 8 heteroatoms. The van der Waals surface area contributed by atoms with Crippen molar-refractivity contribution in [3.63, 3.8) is 0 Å². The number of hydrogen-bond donors (Lipinski definition) is 0. The Morgan fingerprint density at radius 1 is 1.04 bits per heavy atom. The molecule has 27 heavy (non-hydrogen) atoms. The number of halogens is 3. The minimum atomic E-state index is -0.0801. The first-order chi connectivity index (χ1) is 13.0. The monoisotopic (exact) mass is 423 g/mol. The lowest BCUT2D eigenvalue weighted by Gasteiger charge is -2.15. The van der Waals surface area contributed by atoms with Crippen molar-refractivity contribution in [1.82, 2.24) is 15.0 Å². The molecule has 0 spiro atoms. The molecular formula is C19H16Cl3N3O2. The van der Waals surface area contributed by atoms with E-state index in [2.05, 4.69) is 10.1 Å². The molecule has 0 radical (unpaired) electrons. The fourth-order valence-electron chi connectivity index (χ4n) is 2.56. The van der Waals surface area contributed by atoms with Crippen LogP contribution in [0.15, 0.2) is 47.0 Å². The van der Waals surface area contributed by atoms with E-state index in [0.717, 1.165) is 5.56 Å². The topological polar surface area (TPSA) is 59.2 Å². The third-order valence-electron chi connectivity index (χ3n) is 4.03. The molecule has 0 fully saturated rings. The van der Waals surface area contributed by atoms with Crippen molar-refractivity contribution in [3.8, 4) is 11.4 Å². The number of amides is 1. The van der Waals surface area contributed by atoms with E-state index in [4.69, 9.17) is 39.3 Å². The highest BCUT2D eigenvalue weighted by Crippen LogP contribution is 2.26. The van der Waals surface area contributed by atoms with Crippen LogP contribution in [0.1, 0.15) is 17.9 Å². The molecule has 0 unspecified atom stereocenters. The lowest BCUT2D eigenvalue weighted by molar-refractivity contribution is -0.130. The molecule has 1 amide bonds. The van der Waals surface area contributed by atoms with E-state index in [1.54, 1.807) is 37.4 Å². The molecule has 3 rings (SSSR count). The summed E-state index contributed by atoms with van der Waals surface area (Å²) in [5.41, 5.74) is 1.44. The van der Waals surface area contributed by atoms with Crippen molar-refractivity contribution in [2.45, 2.75) is 19.4 Å². The minimum Gasteiger partial charge on any atom is -0.337 e. The maximum absolute atomic E-state index is 12.4. The van der Waals surface area contributed by atoms with Gasteiger partial charge in [0.2, 0.25) is 17.6 Å². The zero-order valence-electron chi connectivity index (χ0n) is 14.5. The lowest BCUT2D eigenvalue weighted by atomic mass is 10.1. The molecule has 0 bridgehead atoms. The molecule has 0 saturated heterocycles. The SMILES string of the molecule is CN(Cc1nc(-c2ccccc2Cl)no1)C(=O)CCc1c(Cl)cccc1Cl. The standard InChI is InChI=1S/C19H16Cl3N3O2/c1-25(18(26)10-9-12-14(20)7-4-8-15(12)21)11-17-23-19(24-27-17)13-5-2-3-6-16(13)22/h2-8H,9-11H2,1H3. The van der Waals surface area contributed by atoms with Crippen molar-refractivity contribution < 1.29 is 9.32 Å². The van der Waals surface area contributed by atoms with Crippen LogP contribution in [0.5, 0.6) is 0 Å². The van der Waals surface area contributed by atoms with Gasteiger partial charge in [0.1, 0.15) is 0 Å². The molecule has 1 aromatic heterocycles. The van der Waals surface area contributed by atoms with Gasteiger partial charge in [0.15, 0.2) is 0 Å². The predicted octanol–water partition coefficient (Wildman–Crippen LogP) is 5.29. The number of nitrogens with zero attached hydrogens (tertiary/aromatic N) is 3. The van der Waals surface area contributed by atoms with E-state index in [-0.39, 0.29) is 18.9 Å². The molecule has 3 aromatic rings. The van der Waals surface area contributed by atoms with E-state index >= 15 is 0 Å². The Morgan fingerprint density at radius 2 is 1.70 bits per heavy atom. The molecule has 0 saturated carbocycles.